The van der Waals surface area contributed by atoms with E-state index in [1.54, 1.807) is 0 Å². The van der Waals surface area contributed by atoms with Crippen LogP contribution in [0.2, 0.25) is 0 Å². The summed E-state index contributed by atoms with van der Waals surface area (Å²) in [6, 6.07) is 2.66. The monoisotopic (exact) mass is 380 g/mol. The molecule has 4 N–H and O–H groups in total. The van der Waals surface area contributed by atoms with Gasteiger partial charge in [0.25, 0.3) is 5.78 Å². The summed E-state index contributed by atoms with van der Waals surface area (Å²) in [6.45, 7) is -0.784. The molecule has 0 amide bonds. The number of Topliss-reactive ketones (excluding diaryl/α,β-unsaturated/α-hetero) is 1. The van der Waals surface area contributed by atoms with Crippen molar-refractivity contribution in [2.24, 2.45) is 0 Å². The minimum Gasteiger partial charge on any atom is -0.508 e. The zero-order valence-corrected chi connectivity index (χ0v) is 13.3. The van der Waals surface area contributed by atoms with Gasteiger partial charge in [0.2, 0.25) is 5.76 Å². The molecule has 3 unspecified atom stereocenters. The summed E-state index contributed by atoms with van der Waals surface area (Å²) in [7, 11) is 0. The first kappa shape index (κ1) is 18.4. The van der Waals surface area contributed by atoms with Crippen molar-refractivity contribution < 1.29 is 48.7 Å². The van der Waals surface area contributed by atoms with Crippen LogP contribution < -0.4 is 5.43 Å². The molecule has 3 atom stereocenters. The maximum atomic E-state index is 12.0. The van der Waals surface area contributed by atoms with Crippen molar-refractivity contribution in [3.05, 3.63) is 34.2 Å². The molecule has 27 heavy (non-hydrogen) atoms. The zero-order chi connectivity index (χ0) is 19.9. The molecule has 0 saturated carbocycles. The summed E-state index contributed by atoms with van der Waals surface area (Å²) >= 11 is 0. The Morgan fingerprint density at radius 3 is 2.52 bits per heavy atom. The number of phenolic OH excluding ortho intramolecular Hbond substituents is 2. The highest BCUT2D eigenvalue weighted by molar-refractivity contribution is 6.37. The van der Waals surface area contributed by atoms with Gasteiger partial charge in [-0.05, 0) is 0 Å². The van der Waals surface area contributed by atoms with Crippen molar-refractivity contribution >= 4 is 28.7 Å². The maximum absolute atomic E-state index is 12.0. The number of hydrogen-bond acceptors (Lipinski definition) is 11. The summed E-state index contributed by atoms with van der Waals surface area (Å²) in [5.41, 5.74) is -1.06. The van der Waals surface area contributed by atoms with E-state index in [-0.39, 0.29) is 11.0 Å². The van der Waals surface area contributed by atoms with Crippen LogP contribution in [0.15, 0.2) is 27.4 Å². The van der Waals surface area contributed by atoms with Gasteiger partial charge in [-0.25, -0.2) is 9.59 Å². The van der Waals surface area contributed by atoms with Crippen molar-refractivity contribution in [3.63, 3.8) is 0 Å². The largest absolute Gasteiger partial charge is 0.508 e. The fourth-order valence-electron chi connectivity index (χ4n) is 2.49. The summed E-state index contributed by atoms with van der Waals surface area (Å²) in [5, 5.41) is 38.1. The number of fused-ring (bicyclic) bond motifs is 1. The fourth-order valence-corrected chi connectivity index (χ4v) is 2.49. The number of cyclic esters (lactones) is 1. The van der Waals surface area contributed by atoms with Crippen LogP contribution >= 0.6 is 0 Å². The first-order chi connectivity index (χ1) is 12.7. The smallest absolute Gasteiger partial charge is 0.378 e. The van der Waals surface area contributed by atoms with Crippen LogP contribution in [-0.2, 0) is 19.1 Å². The molecule has 1 fully saturated rings. The molecule has 142 valence electrons. The molecule has 1 saturated heterocycles. The molecule has 3 rings (SSSR count). The van der Waals surface area contributed by atoms with Crippen LogP contribution in [0.3, 0.4) is 0 Å². The van der Waals surface area contributed by atoms with Gasteiger partial charge in [0, 0.05) is 18.2 Å². The molecule has 0 spiro atoms. The minimum absolute atomic E-state index is 0.260. The lowest BCUT2D eigenvalue weighted by Gasteiger charge is -2.18. The topological polar surface area (TPSA) is 181 Å². The van der Waals surface area contributed by atoms with Crippen molar-refractivity contribution in [1.82, 2.24) is 0 Å². The molecule has 11 nitrogen and oxygen atoms in total. The fraction of sp³-hybridized carbons (Fsp3) is 0.250. The number of phenols is 2. The number of aliphatic hydroxyl groups is 2. The van der Waals surface area contributed by atoms with Gasteiger partial charge >= 0.3 is 11.9 Å². The molecule has 1 aromatic carbocycles. The zero-order valence-electron chi connectivity index (χ0n) is 13.3. The minimum atomic E-state index is -1.89. The van der Waals surface area contributed by atoms with Gasteiger partial charge < -0.3 is 34.3 Å². The molecular weight excluding hydrogens is 368 g/mol. The van der Waals surface area contributed by atoms with E-state index in [2.05, 4.69) is 4.74 Å². The molecule has 11 heteroatoms. The highest BCUT2D eigenvalue weighted by Crippen LogP contribution is 2.28. The normalized spacial score (nSPS) is 20.5. The number of hydrogen-bond donors (Lipinski definition) is 4. The van der Waals surface area contributed by atoms with Gasteiger partial charge in [-0.2, -0.15) is 0 Å². The van der Waals surface area contributed by atoms with Crippen molar-refractivity contribution in [2.45, 2.75) is 18.3 Å². The van der Waals surface area contributed by atoms with Crippen LogP contribution in [0.5, 0.6) is 11.5 Å². The van der Waals surface area contributed by atoms with E-state index in [1.165, 1.54) is 0 Å². The van der Waals surface area contributed by atoms with Gasteiger partial charge in [0.05, 0.1) is 0 Å². The number of ether oxygens (including phenoxy) is 2. The van der Waals surface area contributed by atoms with Crippen molar-refractivity contribution in [3.8, 4) is 11.5 Å². The first-order valence-corrected chi connectivity index (χ1v) is 7.47. The molecule has 1 aromatic heterocycles. The number of aromatic hydroxyl groups is 2. The van der Waals surface area contributed by atoms with Crippen LogP contribution in [0.1, 0.15) is 10.6 Å². The van der Waals surface area contributed by atoms with E-state index >= 15 is 0 Å². The molecule has 0 aliphatic carbocycles. The van der Waals surface area contributed by atoms with Gasteiger partial charge in [0.1, 0.15) is 35.2 Å². The van der Waals surface area contributed by atoms with Crippen LogP contribution in [0.25, 0.3) is 11.0 Å². The number of carbonyl (C=O) groups excluding carboxylic acids is 3. The third-order valence-corrected chi connectivity index (χ3v) is 3.78. The molecule has 0 bridgehead atoms. The van der Waals surface area contributed by atoms with Crippen molar-refractivity contribution in [1.29, 1.82) is 0 Å². The summed E-state index contributed by atoms with van der Waals surface area (Å²) in [6.07, 6.45) is -5.20. The summed E-state index contributed by atoms with van der Waals surface area (Å²) in [4.78, 5) is 46.2. The maximum Gasteiger partial charge on any atom is 0.378 e. The Bertz CT molecular complexity index is 1010. The number of ketones is 1. The van der Waals surface area contributed by atoms with Gasteiger partial charge in [-0.1, -0.05) is 0 Å². The number of carbonyl (C=O) groups is 3. The van der Waals surface area contributed by atoms with Gasteiger partial charge in [0.15, 0.2) is 17.6 Å². The summed E-state index contributed by atoms with van der Waals surface area (Å²) in [5.74, 6) is -5.30. The van der Waals surface area contributed by atoms with E-state index in [1.807, 2.05) is 0 Å². The van der Waals surface area contributed by atoms with Crippen molar-refractivity contribution in [2.75, 3.05) is 6.61 Å². The van der Waals surface area contributed by atoms with Crippen LogP contribution in [0, 0.1) is 0 Å². The van der Waals surface area contributed by atoms with Gasteiger partial charge in [-0.3, -0.25) is 9.59 Å². The number of aliphatic hydroxyl groups excluding tert-OH is 2. The number of esters is 2. The van der Waals surface area contributed by atoms with E-state index in [9.17, 15) is 39.6 Å². The quantitative estimate of drug-likeness (QED) is 0.361. The Morgan fingerprint density at radius 1 is 1.19 bits per heavy atom. The Labute approximate surface area is 149 Å². The van der Waals surface area contributed by atoms with E-state index in [0.717, 1.165) is 18.2 Å². The van der Waals surface area contributed by atoms with E-state index < -0.39 is 65.3 Å². The number of rotatable bonds is 4. The second kappa shape index (κ2) is 6.70. The van der Waals surface area contributed by atoms with E-state index in [4.69, 9.17) is 9.15 Å². The third-order valence-electron chi connectivity index (χ3n) is 3.78. The second-order valence-electron chi connectivity index (χ2n) is 5.66. The average Bonchev–Trinajstić information content (AvgIpc) is 2.85. The van der Waals surface area contributed by atoms with Gasteiger partial charge in [-0.15, -0.1) is 0 Å². The van der Waals surface area contributed by atoms with Crippen LogP contribution in [0.4, 0.5) is 0 Å². The molecule has 1 aliphatic rings. The molecule has 1 aliphatic heterocycles. The lowest BCUT2D eigenvalue weighted by Crippen LogP contribution is -2.40. The highest BCUT2D eigenvalue weighted by Gasteiger charge is 2.46. The molecule has 2 aromatic rings. The first-order valence-electron chi connectivity index (χ1n) is 7.47. The Kier molecular flexibility index (Phi) is 4.56. The number of benzene rings is 1. The highest BCUT2D eigenvalue weighted by atomic mass is 16.6. The standard InChI is InChI=1S/C16H12O11/c17-5-1-6(18)11-7(19)3-10(26-9(11)2-5)15(23)25-4-8(20)14-12(21)13(22)16(24)27-14/h1-3,8,12,14,17-18,20-21H,4H2. The predicted molar refractivity (Wildman–Crippen MR) is 83.0 cm³/mol. The summed E-state index contributed by atoms with van der Waals surface area (Å²) < 4.78 is 14.3. The molecule has 2 heterocycles. The Hall–Kier alpha value is -3.44. The Balaban J connectivity index is 1.76. The lowest BCUT2D eigenvalue weighted by molar-refractivity contribution is -0.152. The lowest BCUT2D eigenvalue weighted by atomic mass is 10.1. The average molecular weight is 380 g/mol. The van der Waals surface area contributed by atoms with E-state index in [0.29, 0.717) is 0 Å². The Morgan fingerprint density at radius 2 is 1.89 bits per heavy atom. The third kappa shape index (κ3) is 3.32. The second-order valence-corrected chi connectivity index (χ2v) is 5.66. The molecule has 0 radical (unpaired) electrons. The predicted octanol–water partition coefficient (Wildman–Crippen LogP) is -1.42. The van der Waals surface area contributed by atoms with Crippen LogP contribution in [-0.4, -0.2) is 63.1 Å². The molecular formula is C16H12O11. The SMILES string of the molecule is O=C1OC(C(O)COC(=O)c2cc(=O)c3c(O)cc(O)cc3o2)C(O)C1=O.